The Morgan fingerprint density at radius 2 is 2.36 bits per heavy atom. The van der Waals surface area contributed by atoms with E-state index in [0.29, 0.717) is 29.6 Å². The molecule has 1 N–H and O–H groups in total. The van der Waals surface area contributed by atoms with Crippen LogP contribution in [-0.2, 0) is 0 Å². The van der Waals surface area contributed by atoms with E-state index in [-0.39, 0.29) is 12.1 Å². The third kappa shape index (κ3) is 4.45. The molecule has 0 spiro atoms. The van der Waals surface area contributed by atoms with Gasteiger partial charge in [0, 0.05) is 31.2 Å². The molecule has 1 unspecified atom stereocenters. The van der Waals surface area contributed by atoms with E-state index in [9.17, 15) is 4.79 Å². The van der Waals surface area contributed by atoms with Crippen molar-refractivity contribution in [2.75, 3.05) is 25.0 Å². The van der Waals surface area contributed by atoms with E-state index in [1.54, 1.807) is 24.7 Å². The zero-order chi connectivity index (χ0) is 17.6. The van der Waals surface area contributed by atoms with Crippen molar-refractivity contribution in [3.8, 4) is 5.75 Å². The van der Waals surface area contributed by atoms with E-state index >= 15 is 0 Å². The Kier molecular flexibility index (Phi) is 5.81. The molecule has 1 atom stereocenters. The Hall–Kier alpha value is -2.21. The van der Waals surface area contributed by atoms with Crippen LogP contribution in [0.5, 0.6) is 5.75 Å². The molecule has 134 valence electrons. The van der Waals surface area contributed by atoms with Crippen molar-refractivity contribution in [2.24, 2.45) is 0 Å². The number of carbonyl (C=O) groups is 1. The molecule has 1 aliphatic heterocycles. The fourth-order valence-corrected chi connectivity index (χ4v) is 3.21. The van der Waals surface area contributed by atoms with Crippen LogP contribution in [0, 0.1) is 0 Å². The summed E-state index contributed by atoms with van der Waals surface area (Å²) in [6.45, 7) is 4.09. The number of ether oxygens (including phenoxy) is 1. The first-order valence-electron chi connectivity index (χ1n) is 8.63. The fraction of sp³-hybridized carbons (Fsp3) is 0.444. The molecule has 2 heterocycles. The maximum atomic E-state index is 12.6. The molecule has 3 rings (SSSR count). The van der Waals surface area contributed by atoms with E-state index < -0.39 is 0 Å². The summed E-state index contributed by atoms with van der Waals surface area (Å²) in [6, 6.07) is 5.49. The van der Waals surface area contributed by atoms with E-state index in [2.05, 4.69) is 14.9 Å². The van der Waals surface area contributed by atoms with Crippen molar-refractivity contribution in [3.05, 3.63) is 41.9 Å². The first-order chi connectivity index (χ1) is 12.2. The van der Waals surface area contributed by atoms with Gasteiger partial charge < -0.3 is 19.5 Å². The van der Waals surface area contributed by atoms with Gasteiger partial charge in [-0.05, 0) is 37.5 Å². The molecular formula is C18H23ClN4O2. The van der Waals surface area contributed by atoms with Gasteiger partial charge in [0.05, 0.1) is 24.0 Å². The highest BCUT2D eigenvalue weighted by atomic mass is 35.5. The van der Waals surface area contributed by atoms with Crippen LogP contribution in [0.3, 0.4) is 0 Å². The van der Waals surface area contributed by atoms with Crippen LogP contribution in [0.4, 0.5) is 10.5 Å². The zero-order valence-electron chi connectivity index (χ0n) is 14.3. The van der Waals surface area contributed by atoms with Gasteiger partial charge in [0.25, 0.3) is 0 Å². The average molecular weight is 363 g/mol. The van der Waals surface area contributed by atoms with E-state index in [1.165, 1.54) is 0 Å². The Morgan fingerprint density at radius 3 is 3.08 bits per heavy atom. The molecule has 1 fully saturated rings. The zero-order valence-corrected chi connectivity index (χ0v) is 15.1. The van der Waals surface area contributed by atoms with Crippen LogP contribution in [0.1, 0.15) is 32.2 Å². The van der Waals surface area contributed by atoms with E-state index in [0.717, 1.165) is 25.8 Å². The minimum Gasteiger partial charge on any atom is -0.492 e. The van der Waals surface area contributed by atoms with Gasteiger partial charge in [0.2, 0.25) is 0 Å². The highest BCUT2D eigenvalue weighted by molar-refractivity contribution is 6.32. The van der Waals surface area contributed by atoms with Gasteiger partial charge in [-0.15, -0.1) is 0 Å². The number of carbonyl (C=O) groups excluding carboxylic acids is 1. The quantitative estimate of drug-likeness (QED) is 0.867. The first-order valence-corrected chi connectivity index (χ1v) is 9.01. The largest absolute Gasteiger partial charge is 0.492 e. The van der Waals surface area contributed by atoms with Gasteiger partial charge in [0.1, 0.15) is 5.75 Å². The number of halogens is 1. The molecule has 1 aliphatic rings. The summed E-state index contributed by atoms with van der Waals surface area (Å²) in [5.74, 6) is 0.639. The minimum atomic E-state index is -0.108. The molecule has 6 nitrogen and oxygen atoms in total. The number of piperidine rings is 1. The van der Waals surface area contributed by atoms with Crippen LogP contribution in [0.2, 0.25) is 5.02 Å². The summed E-state index contributed by atoms with van der Waals surface area (Å²) in [5, 5.41) is 3.42. The van der Waals surface area contributed by atoms with Crippen LogP contribution in [-0.4, -0.2) is 40.2 Å². The molecule has 0 radical (unpaired) electrons. The third-order valence-electron chi connectivity index (χ3n) is 4.28. The number of hydrogen-bond acceptors (Lipinski definition) is 3. The topological polar surface area (TPSA) is 59.4 Å². The number of amides is 2. The van der Waals surface area contributed by atoms with Gasteiger partial charge in [-0.25, -0.2) is 9.78 Å². The monoisotopic (exact) mass is 362 g/mol. The molecule has 0 saturated carbocycles. The van der Waals surface area contributed by atoms with Crippen molar-refractivity contribution >= 4 is 23.3 Å². The molecule has 2 aromatic rings. The van der Waals surface area contributed by atoms with E-state index in [1.807, 2.05) is 24.1 Å². The smallest absolute Gasteiger partial charge is 0.321 e. The maximum absolute atomic E-state index is 12.6. The SMILES string of the molecule is CCCOc1ccc(NC(=O)N2CCCC(n3ccnc3)C2)cc1Cl. The number of anilines is 1. The van der Waals surface area contributed by atoms with Gasteiger partial charge in [-0.2, -0.15) is 0 Å². The lowest BCUT2D eigenvalue weighted by atomic mass is 10.1. The number of benzene rings is 1. The second-order valence-electron chi connectivity index (χ2n) is 6.18. The Labute approximate surface area is 152 Å². The summed E-state index contributed by atoms with van der Waals surface area (Å²) in [4.78, 5) is 18.5. The molecule has 7 heteroatoms. The molecule has 1 saturated heterocycles. The third-order valence-corrected chi connectivity index (χ3v) is 4.57. The maximum Gasteiger partial charge on any atom is 0.321 e. The van der Waals surface area contributed by atoms with Crippen molar-refractivity contribution < 1.29 is 9.53 Å². The van der Waals surface area contributed by atoms with Crippen molar-refractivity contribution in [1.82, 2.24) is 14.5 Å². The molecule has 0 bridgehead atoms. The van der Waals surface area contributed by atoms with Crippen molar-refractivity contribution in [2.45, 2.75) is 32.2 Å². The Morgan fingerprint density at radius 1 is 1.48 bits per heavy atom. The molecular weight excluding hydrogens is 340 g/mol. The van der Waals surface area contributed by atoms with Crippen LogP contribution in [0.25, 0.3) is 0 Å². The number of nitrogens with one attached hydrogen (secondary N) is 1. The number of aromatic nitrogens is 2. The van der Waals surface area contributed by atoms with Gasteiger partial charge in [-0.3, -0.25) is 0 Å². The highest BCUT2D eigenvalue weighted by Crippen LogP contribution is 2.28. The molecule has 0 aliphatic carbocycles. The molecule has 1 aromatic carbocycles. The molecule has 2 amide bonds. The number of nitrogens with zero attached hydrogens (tertiary/aromatic N) is 3. The number of hydrogen-bond donors (Lipinski definition) is 1. The summed E-state index contributed by atoms with van der Waals surface area (Å²) >= 11 is 6.22. The van der Waals surface area contributed by atoms with Crippen LogP contribution in [0.15, 0.2) is 36.9 Å². The minimum absolute atomic E-state index is 0.108. The lowest BCUT2D eigenvalue weighted by Gasteiger charge is -2.33. The number of imidazole rings is 1. The number of likely N-dealkylation sites (tertiary alicyclic amines) is 1. The number of rotatable bonds is 5. The average Bonchev–Trinajstić information content (AvgIpc) is 3.16. The summed E-state index contributed by atoms with van der Waals surface area (Å²) in [7, 11) is 0. The fourth-order valence-electron chi connectivity index (χ4n) is 2.98. The van der Waals surface area contributed by atoms with Gasteiger partial charge in [-0.1, -0.05) is 18.5 Å². The van der Waals surface area contributed by atoms with Gasteiger partial charge in [0.15, 0.2) is 0 Å². The second-order valence-corrected chi connectivity index (χ2v) is 6.58. The van der Waals surface area contributed by atoms with Gasteiger partial charge >= 0.3 is 6.03 Å². The predicted molar refractivity (Wildman–Crippen MR) is 98.3 cm³/mol. The predicted octanol–water partition coefficient (Wildman–Crippen LogP) is 4.19. The molecule has 25 heavy (non-hydrogen) atoms. The Balaban J connectivity index is 1.60. The van der Waals surface area contributed by atoms with Crippen molar-refractivity contribution in [3.63, 3.8) is 0 Å². The summed E-state index contributed by atoms with van der Waals surface area (Å²) in [6.07, 6.45) is 8.46. The van der Waals surface area contributed by atoms with E-state index in [4.69, 9.17) is 16.3 Å². The summed E-state index contributed by atoms with van der Waals surface area (Å²) in [5.41, 5.74) is 0.670. The molecule has 1 aromatic heterocycles. The summed E-state index contributed by atoms with van der Waals surface area (Å²) < 4.78 is 7.62. The first kappa shape index (κ1) is 17.6. The standard InChI is InChI=1S/C18H23ClN4O2/c1-2-10-25-17-6-5-14(11-16(17)19)21-18(24)22-8-3-4-15(12-22)23-9-7-20-13-23/h5-7,9,11,13,15H,2-4,8,10,12H2,1H3,(H,21,24). The lowest BCUT2D eigenvalue weighted by molar-refractivity contribution is 0.179. The normalized spacial score (nSPS) is 17.4. The number of urea groups is 1. The van der Waals surface area contributed by atoms with Crippen LogP contribution >= 0.6 is 11.6 Å². The van der Waals surface area contributed by atoms with Crippen LogP contribution < -0.4 is 10.1 Å². The second kappa shape index (κ2) is 8.25. The van der Waals surface area contributed by atoms with Crippen molar-refractivity contribution in [1.29, 1.82) is 0 Å². The lowest BCUT2D eigenvalue weighted by Crippen LogP contribution is -2.42. The Bertz CT molecular complexity index is 705. The highest BCUT2D eigenvalue weighted by Gasteiger charge is 2.24.